The summed E-state index contributed by atoms with van der Waals surface area (Å²) >= 11 is 4.55. The molecule has 0 aromatic heterocycles. The molecule has 1 N–H and O–H groups in total. The van der Waals surface area contributed by atoms with Crippen LogP contribution in [0.1, 0.15) is 36.8 Å². The highest BCUT2D eigenvalue weighted by atomic mass is 32.1. The molecule has 0 aliphatic carbocycles. The number of thiol groups is 1. The van der Waals surface area contributed by atoms with Crippen LogP contribution in [0.15, 0.2) is 48.5 Å². The number of ether oxygens (including phenoxy) is 1. The van der Waals surface area contributed by atoms with Crippen LogP contribution in [0.2, 0.25) is 0 Å². The molecule has 1 amide bonds. The van der Waals surface area contributed by atoms with Crippen molar-refractivity contribution in [1.29, 1.82) is 0 Å². The molecule has 1 heterocycles. The van der Waals surface area contributed by atoms with Crippen molar-refractivity contribution in [3.8, 4) is 5.75 Å². The normalized spacial score (nSPS) is 14.6. The number of carbonyl (C=O) groups excluding carboxylic acids is 1. The van der Waals surface area contributed by atoms with Crippen molar-refractivity contribution in [3.05, 3.63) is 59.7 Å². The van der Waals surface area contributed by atoms with Crippen molar-refractivity contribution in [3.63, 3.8) is 0 Å². The van der Waals surface area contributed by atoms with Crippen LogP contribution in [-0.2, 0) is 17.6 Å². The summed E-state index contributed by atoms with van der Waals surface area (Å²) < 4.78 is 5.91. The van der Waals surface area contributed by atoms with E-state index in [1.165, 1.54) is 5.56 Å². The van der Waals surface area contributed by atoms with Gasteiger partial charge in [0.05, 0.1) is 0 Å². The minimum absolute atomic E-state index is 0.0849. The SMILES string of the molecule is O=C1CCc2cc(OC(S)CCCCc3ccccc3)ccc2N1. The minimum Gasteiger partial charge on any atom is -0.480 e. The standard InChI is InChI=1S/C20H23NO2S/c22-19-13-10-16-14-17(11-12-18(16)21-19)23-20(24)9-5-4-8-15-6-2-1-3-7-15/h1-3,6-7,11-12,14,20,24H,4-5,8-10,13H2,(H,21,22). The Morgan fingerprint density at radius 1 is 1.08 bits per heavy atom. The predicted octanol–water partition coefficient (Wildman–Crippen LogP) is 4.62. The summed E-state index contributed by atoms with van der Waals surface area (Å²) in [4.78, 5) is 11.4. The number of anilines is 1. The Morgan fingerprint density at radius 3 is 2.75 bits per heavy atom. The van der Waals surface area contributed by atoms with Gasteiger partial charge in [0.15, 0.2) is 0 Å². The van der Waals surface area contributed by atoms with Crippen molar-refractivity contribution >= 4 is 24.2 Å². The van der Waals surface area contributed by atoms with Crippen LogP contribution in [0, 0.1) is 0 Å². The number of benzene rings is 2. The topological polar surface area (TPSA) is 38.3 Å². The third kappa shape index (κ3) is 4.78. The number of unbranched alkanes of at least 4 members (excludes halogenated alkanes) is 1. The van der Waals surface area contributed by atoms with Crippen LogP contribution in [0.5, 0.6) is 5.75 Å². The van der Waals surface area contributed by atoms with Crippen LogP contribution in [0.4, 0.5) is 5.69 Å². The van der Waals surface area contributed by atoms with Crippen molar-refractivity contribution in [2.45, 2.75) is 44.0 Å². The van der Waals surface area contributed by atoms with E-state index >= 15 is 0 Å². The van der Waals surface area contributed by atoms with E-state index in [1.54, 1.807) is 0 Å². The molecule has 3 rings (SSSR count). The molecule has 2 aromatic rings. The van der Waals surface area contributed by atoms with Gasteiger partial charge in [-0.3, -0.25) is 4.79 Å². The molecular weight excluding hydrogens is 318 g/mol. The van der Waals surface area contributed by atoms with Gasteiger partial charge in [0, 0.05) is 12.1 Å². The summed E-state index contributed by atoms with van der Waals surface area (Å²) in [7, 11) is 0. The third-order valence-electron chi connectivity index (χ3n) is 4.25. The quantitative estimate of drug-likeness (QED) is 0.438. The van der Waals surface area contributed by atoms with E-state index in [4.69, 9.17) is 4.74 Å². The molecule has 3 nitrogen and oxygen atoms in total. The highest BCUT2D eigenvalue weighted by Gasteiger charge is 2.15. The lowest BCUT2D eigenvalue weighted by molar-refractivity contribution is -0.116. The maximum absolute atomic E-state index is 11.4. The zero-order valence-electron chi connectivity index (χ0n) is 13.7. The molecule has 1 atom stereocenters. The van der Waals surface area contributed by atoms with E-state index in [1.807, 2.05) is 24.3 Å². The van der Waals surface area contributed by atoms with E-state index in [9.17, 15) is 4.79 Å². The van der Waals surface area contributed by atoms with E-state index < -0.39 is 0 Å². The molecule has 0 radical (unpaired) electrons. The molecule has 0 spiro atoms. The number of nitrogens with one attached hydrogen (secondary N) is 1. The summed E-state index contributed by atoms with van der Waals surface area (Å²) in [5, 5.41) is 2.88. The number of fused-ring (bicyclic) bond motifs is 1. The van der Waals surface area contributed by atoms with Crippen molar-refractivity contribution in [2.75, 3.05) is 5.32 Å². The molecule has 0 fully saturated rings. The number of hydrogen-bond donors (Lipinski definition) is 2. The largest absolute Gasteiger partial charge is 0.480 e. The molecule has 2 aromatic carbocycles. The van der Waals surface area contributed by atoms with Gasteiger partial charge in [-0.2, -0.15) is 0 Å². The summed E-state index contributed by atoms with van der Waals surface area (Å²) in [5.74, 6) is 0.912. The molecule has 0 bridgehead atoms. The lowest BCUT2D eigenvalue weighted by Crippen LogP contribution is -2.19. The van der Waals surface area contributed by atoms with Crippen molar-refractivity contribution < 1.29 is 9.53 Å². The monoisotopic (exact) mass is 341 g/mol. The van der Waals surface area contributed by atoms with Gasteiger partial charge in [-0.1, -0.05) is 30.3 Å². The second-order valence-electron chi connectivity index (χ2n) is 6.17. The van der Waals surface area contributed by atoms with E-state index in [-0.39, 0.29) is 11.3 Å². The fourth-order valence-corrected chi connectivity index (χ4v) is 3.25. The molecular formula is C20H23NO2S. The van der Waals surface area contributed by atoms with Crippen molar-refractivity contribution in [1.82, 2.24) is 0 Å². The van der Waals surface area contributed by atoms with Gasteiger partial charge < -0.3 is 10.1 Å². The van der Waals surface area contributed by atoms with Crippen LogP contribution in [-0.4, -0.2) is 11.3 Å². The molecule has 1 unspecified atom stereocenters. The Bertz CT molecular complexity index is 687. The van der Waals surface area contributed by atoms with Gasteiger partial charge in [0.2, 0.25) is 5.91 Å². The second-order valence-corrected chi connectivity index (χ2v) is 6.75. The zero-order valence-corrected chi connectivity index (χ0v) is 14.6. The molecule has 1 aliphatic rings. The number of hydrogen-bond acceptors (Lipinski definition) is 3. The summed E-state index contributed by atoms with van der Waals surface area (Å²) in [6.07, 6.45) is 5.56. The number of amides is 1. The molecule has 126 valence electrons. The van der Waals surface area contributed by atoms with E-state index in [0.29, 0.717) is 6.42 Å². The van der Waals surface area contributed by atoms with Crippen LogP contribution < -0.4 is 10.1 Å². The van der Waals surface area contributed by atoms with Gasteiger partial charge >= 0.3 is 0 Å². The van der Waals surface area contributed by atoms with Crippen LogP contribution in [0.3, 0.4) is 0 Å². The molecule has 24 heavy (non-hydrogen) atoms. The molecule has 1 aliphatic heterocycles. The smallest absolute Gasteiger partial charge is 0.224 e. The maximum Gasteiger partial charge on any atom is 0.224 e. The van der Waals surface area contributed by atoms with Gasteiger partial charge in [-0.15, -0.1) is 12.6 Å². The minimum atomic E-state index is -0.1000. The first kappa shape index (κ1) is 16.9. The summed E-state index contributed by atoms with van der Waals surface area (Å²) in [5.41, 5.74) is 3.32. The predicted molar refractivity (Wildman–Crippen MR) is 101 cm³/mol. The lowest BCUT2D eigenvalue weighted by Gasteiger charge is -2.19. The number of aryl methyl sites for hydroxylation is 2. The molecule has 4 heteroatoms. The molecule has 0 saturated heterocycles. The lowest BCUT2D eigenvalue weighted by atomic mass is 10.0. The second kappa shape index (κ2) is 8.25. The Morgan fingerprint density at radius 2 is 1.92 bits per heavy atom. The van der Waals surface area contributed by atoms with Gasteiger partial charge in [0.25, 0.3) is 0 Å². The van der Waals surface area contributed by atoms with Gasteiger partial charge in [-0.05, 0) is 61.4 Å². The fraction of sp³-hybridized carbons (Fsp3) is 0.350. The first-order valence-corrected chi connectivity index (χ1v) is 9.04. The van der Waals surface area contributed by atoms with Gasteiger partial charge in [-0.25, -0.2) is 0 Å². The Hall–Kier alpha value is -1.94. The third-order valence-corrected chi connectivity index (χ3v) is 4.62. The van der Waals surface area contributed by atoms with E-state index in [2.05, 4.69) is 42.2 Å². The fourth-order valence-electron chi connectivity index (χ4n) is 2.94. The highest BCUT2D eigenvalue weighted by Crippen LogP contribution is 2.28. The van der Waals surface area contributed by atoms with Crippen molar-refractivity contribution in [2.24, 2.45) is 0 Å². The number of carbonyl (C=O) groups is 1. The average molecular weight is 341 g/mol. The van der Waals surface area contributed by atoms with Crippen LogP contribution in [0.25, 0.3) is 0 Å². The first-order valence-electron chi connectivity index (χ1n) is 8.52. The van der Waals surface area contributed by atoms with Crippen LogP contribution >= 0.6 is 12.6 Å². The highest BCUT2D eigenvalue weighted by molar-refractivity contribution is 7.80. The maximum atomic E-state index is 11.4. The first-order chi connectivity index (χ1) is 11.7. The zero-order chi connectivity index (χ0) is 16.8. The Kier molecular flexibility index (Phi) is 5.81. The summed E-state index contributed by atoms with van der Waals surface area (Å²) in [6.45, 7) is 0. The Labute approximate surface area is 148 Å². The number of rotatable bonds is 7. The molecule has 0 saturated carbocycles. The average Bonchev–Trinajstić information content (AvgIpc) is 2.60. The Balaban J connectivity index is 1.43. The summed E-state index contributed by atoms with van der Waals surface area (Å²) in [6, 6.07) is 16.4. The van der Waals surface area contributed by atoms with Gasteiger partial charge in [0.1, 0.15) is 11.2 Å². The van der Waals surface area contributed by atoms with E-state index in [0.717, 1.165) is 49.1 Å².